The van der Waals surface area contributed by atoms with Gasteiger partial charge in [0.15, 0.2) is 5.96 Å². The zero-order valence-corrected chi connectivity index (χ0v) is 19.1. The van der Waals surface area contributed by atoms with E-state index in [2.05, 4.69) is 41.2 Å². The van der Waals surface area contributed by atoms with Crippen LogP contribution in [-0.2, 0) is 13.2 Å². The van der Waals surface area contributed by atoms with E-state index in [1.165, 1.54) is 18.4 Å². The molecule has 28 heavy (non-hydrogen) atoms. The second-order valence-electron chi connectivity index (χ2n) is 7.12. The molecule has 1 aliphatic heterocycles. The number of hydrogen-bond donors (Lipinski definition) is 1. The van der Waals surface area contributed by atoms with Crippen molar-refractivity contribution in [1.82, 2.24) is 15.2 Å². The van der Waals surface area contributed by atoms with E-state index >= 15 is 0 Å². The molecule has 1 saturated heterocycles. The summed E-state index contributed by atoms with van der Waals surface area (Å²) >= 11 is 0. The number of benzene rings is 1. The Morgan fingerprint density at radius 3 is 2.75 bits per heavy atom. The summed E-state index contributed by atoms with van der Waals surface area (Å²) in [6.45, 7) is 8.67. The Kier molecular flexibility index (Phi) is 9.54. The van der Waals surface area contributed by atoms with Crippen LogP contribution in [0.25, 0.3) is 0 Å². The average Bonchev–Trinajstić information content (AvgIpc) is 2.71. The largest absolute Gasteiger partial charge is 0.487 e. The maximum atomic E-state index is 5.80. The third-order valence-electron chi connectivity index (χ3n) is 4.74. The second kappa shape index (κ2) is 11.9. The van der Waals surface area contributed by atoms with Gasteiger partial charge in [-0.1, -0.05) is 25.1 Å². The highest BCUT2D eigenvalue weighted by molar-refractivity contribution is 14.0. The molecular formula is C22H31IN4O. The van der Waals surface area contributed by atoms with Gasteiger partial charge in [-0.15, -0.1) is 24.0 Å². The zero-order valence-electron chi connectivity index (χ0n) is 16.8. The lowest BCUT2D eigenvalue weighted by molar-refractivity contribution is 0.266. The van der Waals surface area contributed by atoms with Gasteiger partial charge in [0.1, 0.15) is 12.4 Å². The van der Waals surface area contributed by atoms with Crippen LogP contribution in [0, 0.1) is 5.92 Å². The maximum absolute atomic E-state index is 5.80. The Hall–Kier alpha value is -1.83. The number of aliphatic imine (C=N–C) groups is 1. The minimum Gasteiger partial charge on any atom is -0.487 e. The molecule has 1 atom stereocenters. The van der Waals surface area contributed by atoms with Crippen molar-refractivity contribution < 1.29 is 4.74 Å². The van der Waals surface area contributed by atoms with Crippen LogP contribution in [-0.4, -0.2) is 35.5 Å². The molecule has 0 bridgehead atoms. The summed E-state index contributed by atoms with van der Waals surface area (Å²) in [5.74, 6) is 2.61. The number of pyridine rings is 1. The summed E-state index contributed by atoms with van der Waals surface area (Å²) in [5.41, 5.74) is 2.11. The van der Waals surface area contributed by atoms with Gasteiger partial charge in [-0.25, -0.2) is 4.99 Å². The summed E-state index contributed by atoms with van der Waals surface area (Å²) in [5, 5.41) is 3.44. The first-order chi connectivity index (χ1) is 13.2. The standard InChI is InChI=1S/C22H30N4O.HI/c1-3-23-22(26-14-6-7-18(2)16-26)25-15-19-9-11-21(12-10-19)27-17-20-8-4-5-13-24-20;/h4-5,8-13,18H,3,6-7,14-17H2,1-2H3,(H,23,25);1H. The molecule has 0 aliphatic carbocycles. The van der Waals surface area contributed by atoms with Crippen LogP contribution in [0.2, 0.25) is 0 Å². The lowest BCUT2D eigenvalue weighted by atomic mass is 10.0. The van der Waals surface area contributed by atoms with Gasteiger partial charge in [0.25, 0.3) is 0 Å². The molecule has 1 unspecified atom stereocenters. The first-order valence-corrected chi connectivity index (χ1v) is 9.89. The molecule has 2 heterocycles. The van der Waals surface area contributed by atoms with Crippen LogP contribution in [0.4, 0.5) is 0 Å². The Morgan fingerprint density at radius 2 is 2.07 bits per heavy atom. The number of likely N-dealkylation sites (tertiary alicyclic amines) is 1. The molecule has 2 aromatic rings. The van der Waals surface area contributed by atoms with E-state index < -0.39 is 0 Å². The number of hydrogen-bond acceptors (Lipinski definition) is 3. The van der Waals surface area contributed by atoms with Gasteiger partial charge in [0.2, 0.25) is 0 Å². The average molecular weight is 494 g/mol. The number of guanidine groups is 1. The van der Waals surface area contributed by atoms with Gasteiger partial charge in [-0.05, 0) is 55.5 Å². The molecule has 0 spiro atoms. The number of nitrogens with one attached hydrogen (secondary N) is 1. The first-order valence-electron chi connectivity index (χ1n) is 9.89. The predicted octanol–water partition coefficient (Wildman–Crippen LogP) is 4.48. The fourth-order valence-corrected chi connectivity index (χ4v) is 3.31. The molecule has 0 amide bonds. The van der Waals surface area contributed by atoms with Gasteiger partial charge in [0, 0.05) is 25.8 Å². The fraction of sp³-hybridized carbons (Fsp3) is 0.455. The van der Waals surface area contributed by atoms with E-state index in [-0.39, 0.29) is 24.0 Å². The van der Waals surface area contributed by atoms with E-state index in [0.717, 1.165) is 43.0 Å². The topological polar surface area (TPSA) is 49.8 Å². The molecule has 1 aliphatic rings. The van der Waals surface area contributed by atoms with Crippen molar-refractivity contribution in [1.29, 1.82) is 0 Å². The third-order valence-corrected chi connectivity index (χ3v) is 4.74. The van der Waals surface area contributed by atoms with Crippen LogP contribution in [0.3, 0.4) is 0 Å². The zero-order chi connectivity index (χ0) is 18.9. The number of rotatable bonds is 6. The number of halogens is 1. The molecule has 3 rings (SSSR count). The second-order valence-corrected chi connectivity index (χ2v) is 7.12. The summed E-state index contributed by atoms with van der Waals surface area (Å²) < 4.78 is 5.80. The molecule has 5 nitrogen and oxygen atoms in total. The first kappa shape index (κ1) is 22.5. The molecular weight excluding hydrogens is 463 g/mol. The van der Waals surface area contributed by atoms with Gasteiger partial charge >= 0.3 is 0 Å². The van der Waals surface area contributed by atoms with Gasteiger partial charge in [-0.3, -0.25) is 4.98 Å². The SMILES string of the molecule is CCNC(=NCc1ccc(OCc2ccccn2)cc1)N1CCCC(C)C1.I. The van der Waals surface area contributed by atoms with Crippen molar-refractivity contribution in [2.75, 3.05) is 19.6 Å². The van der Waals surface area contributed by atoms with Crippen molar-refractivity contribution in [3.8, 4) is 5.75 Å². The Balaban J connectivity index is 0.00000280. The van der Waals surface area contributed by atoms with Crippen molar-refractivity contribution in [2.24, 2.45) is 10.9 Å². The molecule has 0 saturated carbocycles. The van der Waals surface area contributed by atoms with Crippen LogP contribution < -0.4 is 10.1 Å². The molecule has 1 fully saturated rings. The quantitative estimate of drug-likeness (QED) is 0.366. The smallest absolute Gasteiger partial charge is 0.194 e. The van der Waals surface area contributed by atoms with Crippen LogP contribution in [0.1, 0.15) is 37.9 Å². The summed E-state index contributed by atoms with van der Waals surface area (Å²) in [6, 6.07) is 14.0. The van der Waals surface area contributed by atoms with E-state index in [4.69, 9.17) is 9.73 Å². The molecule has 1 N–H and O–H groups in total. The van der Waals surface area contributed by atoms with E-state index in [0.29, 0.717) is 13.2 Å². The van der Waals surface area contributed by atoms with Gasteiger partial charge in [-0.2, -0.15) is 0 Å². The van der Waals surface area contributed by atoms with E-state index in [1.807, 2.05) is 30.3 Å². The van der Waals surface area contributed by atoms with Crippen molar-refractivity contribution in [2.45, 2.75) is 39.8 Å². The number of nitrogens with zero attached hydrogens (tertiary/aromatic N) is 3. The maximum Gasteiger partial charge on any atom is 0.194 e. The molecule has 1 aromatic heterocycles. The highest BCUT2D eigenvalue weighted by Crippen LogP contribution is 2.17. The van der Waals surface area contributed by atoms with Crippen LogP contribution in [0.5, 0.6) is 5.75 Å². The lowest BCUT2D eigenvalue weighted by Gasteiger charge is -2.33. The van der Waals surface area contributed by atoms with Gasteiger partial charge in [0.05, 0.1) is 12.2 Å². The Morgan fingerprint density at radius 1 is 1.25 bits per heavy atom. The minimum atomic E-state index is 0. The monoisotopic (exact) mass is 494 g/mol. The molecule has 1 aromatic carbocycles. The normalized spacial score (nSPS) is 17.0. The van der Waals surface area contributed by atoms with Crippen molar-refractivity contribution in [3.63, 3.8) is 0 Å². The predicted molar refractivity (Wildman–Crippen MR) is 125 cm³/mol. The molecule has 6 heteroatoms. The molecule has 0 radical (unpaired) electrons. The minimum absolute atomic E-state index is 0. The highest BCUT2D eigenvalue weighted by Gasteiger charge is 2.18. The fourth-order valence-electron chi connectivity index (χ4n) is 3.31. The third kappa shape index (κ3) is 6.96. The molecule has 152 valence electrons. The summed E-state index contributed by atoms with van der Waals surface area (Å²) in [4.78, 5) is 11.5. The van der Waals surface area contributed by atoms with Crippen LogP contribution >= 0.6 is 24.0 Å². The summed E-state index contributed by atoms with van der Waals surface area (Å²) in [6.07, 6.45) is 4.34. The highest BCUT2D eigenvalue weighted by atomic mass is 127. The van der Waals surface area contributed by atoms with E-state index in [1.54, 1.807) is 6.20 Å². The Bertz CT molecular complexity index is 721. The van der Waals surface area contributed by atoms with Crippen LogP contribution in [0.15, 0.2) is 53.7 Å². The van der Waals surface area contributed by atoms with Crippen molar-refractivity contribution >= 4 is 29.9 Å². The number of ether oxygens (including phenoxy) is 1. The summed E-state index contributed by atoms with van der Waals surface area (Å²) in [7, 11) is 0. The Labute approximate surface area is 185 Å². The lowest BCUT2D eigenvalue weighted by Crippen LogP contribution is -2.46. The van der Waals surface area contributed by atoms with E-state index in [9.17, 15) is 0 Å². The van der Waals surface area contributed by atoms with Gasteiger partial charge < -0.3 is 15.0 Å². The number of aromatic nitrogens is 1. The number of piperidine rings is 1. The van der Waals surface area contributed by atoms with Crippen molar-refractivity contribution in [3.05, 3.63) is 59.9 Å².